The number of nitrogens with two attached hydrogens (primary N) is 1. The maximum absolute atomic E-state index is 5.97. The van der Waals surface area contributed by atoms with Crippen LogP contribution in [0.4, 0.5) is 5.82 Å². The maximum Gasteiger partial charge on any atom is 0.164 e. The number of anilines is 1. The van der Waals surface area contributed by atoms with E-state index in [-0.39, 0.29) is 0 Å². The highest BCUT2D eigenvalue weighted by molar-refractivity contribution is 9.10. The van der Waals surface area contributed by atoms with E-state index in [0.29, 0.717) is 11.9 Å². The summed E-state index contributed by atoms with van der Waals surface area (Å²) in [6.07, 6.45) is 6.26. The third kappa shape index (κ3) is 2.83. The lowest BCUT2D eigenvalue weighted by molar-refractivity contribution is 0.121. The molecule has 0 atom stereocenters. The van der Waals surface area contributed by atoms with Crippen molar-refractivity contribution in [2.24, 2.45) is 0 Å². The van der Waals surface area contributed by atoms with Gasteiger partial charge < -0.3 is 11.1 Å². The van der Waals surface area contributed by atoms with Gasteiger partial charge in [-0.15, -0.1) is 0 Å². The number of nitrogen functional groups attached to an aromatic ring is 1. The normalized spacial score (nSPS) is 26.7. The average Bonchev–Trinajstić information content (AvgIpc) is 2.94. The van der Waals surface area contributed by atoms with Crippen molar-refractivity contribution in [1.29, 1.82) is 0 Å². The Morgan fingerprint density at radius 3 is 2.52 bits per heavy atom. The maximum atomic E-state index is 5.97. The van der Waals surface area contributed by atoms with Crippen molar-refractivity contribution in [3.05, 3.63) is 10.9 Å². The molecule has 2 fully saturated rings. The van der Waals surface area contributed by atoms with E-state index >= 15 is 0 Å². The first-order chi connectivity index (χ1) is 11.2. The largest absolute Gasteiger partial charge is 0.383 e. The van der Waals surface area contributed by atoms with Crippen molar-refractivity contribution < 1.29 is 0 Å². The number of aromatic nitrogens is 4. The SMILES string of the molecule is Nc1ncnc2c1c(Br)nn2C1CCC(N2CCNCC2)CC1. The zero-order valence-electron chi connectivity index (χ0n) is 13.1. The molecule has 124 valence electrons. The highest BCUT2D eigenvalue weighted by Crippen LogP contribution is 2.35. The molecule has 0 radical (unpaired) electrons. The van der Waals surface area contributed by atoms with Gasteiger partial charge in [0.1, 0.15) is 16.7 Å². The van der Waals surface area contributed by atoms with Gasteiger partial charge in [0.15, 0.2) is 5.65 Å². The Morgan fingerprint density at radius 2 is 1.78 bits per heavy atom. The summed E-state index contributed by atoms with van der Waals surface area (Å²) in [6, 6.07) is 1.12. The molecule has 1 aliphatic heterocycles. The topological polar surface area (TPSA) is 84.9 Å². The minimum Gasteiger partial charge on any atom is -0.383 e. The standard InChI is InChI=1S/C15H22BrN7/c16-13-12-14(17)19-9-20-15(12)23(21-13)11-3-1-10(2-4-11)22-7-5-18-6-8-22/h9-11,18H,1-8H2,(H2,17,19,20). The van der Waals surface area contributed by atoms with Gasteiger partial charge in [0.2, 0.25) is 0 Å². The summed E-state index contributed by atoms with van der Waals surface area (Å²) < 4.78 is 2.79. The minimum absolute atomic E-state index is 0.400. The second kappa shape index (κ2) is 6.33. The van der Waals surface area contributed by atoms with Crippen LogP contribution in [-0.4, -0.2) is 56.9 Å². The van der Waals surface area contributed by atoms with Crippen molar-refractivity contribution in [1.82, 2.24) is 30.0 Å². The molecule has 4 rings (SSSR count). The Hall–Kier alpha value is -1.25. The van der Waals surface area contributed by atoms with E-state index in [1.165, 1.54) is 32.3 Å². The Balaban J connectivity index is 1.51. The number of hydrogen-bond donors (Lipinski definition) is 2. The number of rotatable bonds is 2. The van der Waals surface area contributed by atoms with Gasteiger partial charge in [0.05, 0.1) is 11.4 Å². The Bertz CT molecular complexity index is 686. The summed E-state index contributed by atoms with van der Waals surface area (Å²) in [5.41, 5.74) is 6.82. The fraction of sp³-hybridized carbons (Fsp3) is 0.667. The van der Waals surface area contributed by atoms with Crippen LogP contribution in [0.5, 0.6) is 0 Å². The van der Waals surface area contributed by atoms with Gasteiger partial charge in [0.25, 0.3) is 0 Å². The molecule has 1 aliphatic carbocycles. The first kappa shape index (κ1) is 15.3. The minimum atomic E-state index is 0.400. The predicted molar refractivity (Wildman–Crippen MR) is 93.2 cm³/mol. The van der Waals surface area contributed by atoms with Crippen molar-refractivity contribution in [3.8, 4) is 0 Å². The van der Waals surface area contributed by atoms with Crippen LogP contribution in [-0.2, 0) is 0 Å². The zero-order valence-corrected chi connectivity index (χ0v) is 14.7. The van der Waals surface area contributed by atoms with E-state index in [1.807, 2.05) is 4.68 Å². The molecular formula is C15H22BrN7. The summed E-state index contributed by atoms with van der Waals surface area (Å²) in [4.78, 5) is 11.1. The van der Waals surface area contributed by atoms with E-state index in [9.17, 15) is 0 Å². The van der Waals surface area contributed by atoms with E-state index in [0.717, 1.165) is 47.6 Å². The lowest BCUT2D eigenvalue weighted by atomic mass is 9.90. The van der Waals surface area contributed by atoms with Crippen LogP contribution >= 0.6 is 15.9 Å². The molecule has 1 saturated heterocycles. The molecule has 0 aromatic carbocycles. The van der Waals surface area contributed by atoms with Crippen LogP contribution in [0.15, 0.2) is 10.9 Å². The Labute approximate surface area is 143 Å². The van der Waals surface area contributed by atoms with Crippen LogP contribution in [0.1, 0.15) is 31.7 Å². The van der Waals surface area contributed by atoms with Crippen LogP contribution in [0.25, 0.3) is 11.0 Å². The monoisotopic (exact) mass is 379 g/mol. The summed E-state index contributed by atoms with van der Waals surface area (Å²) in [5, 5.41) is 8.90. The molecule has 0 unspecified atom stereocenters. The third-order valence-electron chi connectivity index (χ3n) is 5.16. The second-order valence-corrected chi connectivity index (χ2v) is 7.19. The average molecular weight is 380 g/mol. The fourth-order valence-corrected chi connectivity index (χ4v) is 4.47. The number of fused-ring (bicyclic) bond motifs is 1. The molecule has 8 heteroatoms. The van der Waals surface area contributed by atoms with E-state index in [2.05, 4.69) is 41.2 Å². The summed E-state index contributed by atoms with van der Waals surface area (Å²) in [7, 11) is 0. The lowest BCUT2D eigenvalue weighted by Gasteiger charge is -2.39. The molecule has 7 nitrogen and oxygen atoms in total. The molecule has 2 aromatic rings. The van der Waals surface area contributed by atoms with Gasteiger partial charge >= 0.3 is 0 Å². The summed E-state index contributed by atoms with van der Waals surface area (Å²) >= 11 is 3.50. The summed E-state index contributed by atoms with van der Waals surface area (Å²) in [5.74, 6) is 0.489. The number of halogens is 1. The van der Waals surface area contributed by atoms with Crippen molar-refractivity contribution in [2.45, 2.75) is 37.8 Å². The molecule has 2 aromatic heterocycles. The predicted octanol–water partition coefficient (Wildman–Crippen LogP) is 1.56. The Morgan fingerprint density at radius 1 is 1.09 bits per heavy atom. The highest BCUT2D eigenvalue weighted by Gasteiger charge is 2.29. The van der Waals surface area contributed by atoms with Crippen LogP contribution in [0.2, 0.25) is 0 Å². The lowest BCUT2D eigenvalue weighted by Crippen LogP contribution is -2.49. The molecular weight excluding hydrogens is 358 g/mol. The van der Waals surface area contributed by atoms with E-state index < -0.39 is 0 Å². The van der Waals surface area contributed by atoms with Crippen LogP contribution in [0.3, 0.4) is 0 Å². The number of nitrogens with one attached hydrogen (secondary N) is 1. The van der Waals surface area contributed by atoms with Crippen LogP contribution < -0.4 is 11.1 Å². The van der Waals surface area contributed by atoms with Gasteiger partial charge in [-0.25, -0.2) is 14.6 Å². The van der Waals surface area contributed by atoms with Gasteiger partial charge in [-0.05, 0) is 41.6 Å². The molecule has 0 amide bonds. The van der Waals surface area contributed by atoms with Crippen molar-refractivity contribution in [3.63, 3.8) is 0 Å². The van der Waals surface area contributed by atoms with Gasteiger partial charge in [0, 0.05) is 32.2 Å². The quantitative estimate of drug-likeness (QED) is 0.823. The molecule has 0 spiro atoms. The van der Waals surface area contributed by atoms with Crippen LogP contribution in [0, 0.1) is 0 Å². The molecule has 0 bridgehead atoms. The molecule has 3 N–H and O–H groups in total. The molecule has 3 heterocycles. The van der Waals surface area contributed by atoms with E-state index in [4.69, 9.17) is 5.73 Å². The number of piperazine rings is 1. The first-order valence-electron chi connectivity index (χ1n) is 8.33. The van der Waals surface area contributed by atoms with Crippen molar-refractivity contribution in [2.75, 3.05) is 31.9 Å². The fourth-order valence-electron chi connectivity index (χ4n) is 3.92. The summed E-state index contributed by atoms with van der Waals surface area (Å²) in [6.45, 7) is 4.59. The molecule has 2 aliphatic rings. The first-order valence-corrected chi connectivity index (χ1v) is 9.12. The highest BCUT2D eigenvalue weighted by atomic mass is 79.9. The zero-order chi connectivity index (χ0) is 15.8. The van der Waals surface area contributed by atoms with Gasteiger partial charge in [-0.1, -0.05) is 0 Å². The van der Waals surface area contributed by atoms with Crippen molar-refractivity contribution >= 4 is 32.8 Å². The second-order valence-electron chi connectivity index (χ2n) is 6.44. The number of nitrogens with zero attached hydrogens (tertiary/aromatic N) is 5. The third-order valence-corrected chi connectivity index (χ3v) is 5.71. The smallest absolute Gasteiger partial charge is 0.164 e. The van der Waals surface area contributed by atoms with E-state index in [1.54, 1.807) is 0 Å². The number of hydrogen-bond acceptors (Lipinski definition) is 6. The van der Waals surface area contributed by atoms with Gasteiger partial charge in [-0.2, -0.15) is 5.10 Å². The Kier molecular flexibility index (Phi) is 4.21. The van der Waals surface area contributed by atoms with Gasteiger partial charge in [-0.3, -0.25) is 4.90 Å². The molecule has 1 saturated carbocycles. The molecule has 23 heavy (non-hydrogen) atoms.